The number of hydrogen-bond acceptors (Lipinski definition) is 4. The number of ether oxygens (including phenoxy) is 1. The largest absolute Gasteiger partial charge is 0.490 e. The molecule has 1 aromatic carbocycles. The number of rotatable bonds is 7. The molecule has 0 fully saturated rings. The average Bonchev–Trinajstić information content (AvgIpc) is 2.52. The van der Waals surface area contributed by atoms with Gasteiger partial charge in [0.25, 0.3) is 0 Å². The maximum absolute atomic E-state index is 9.14. The van der Waals surface area contributed by atoms with Gasteiger partial charge in [-0.1, -0.05) is 31.2 Å². The van der Waals surface area contributed by atoms with E-state index in [0.29, 0.717) is 13.2 Å². The summed E-state index contributed by atoms with van der Waals surface area (Å²) in [5.41, 5.74) is 2.01. The molecule has 0 bridgehead atoms. The Hall–Kier alpha value is -2.07. The second kappa shape index (κ2) is 7.50. The van der Waals surface area contributed by atoms with Crippen molar-refractivity contribution >= 4 is 5.82 Å². The molecule has 2 aromatic rings. The normalized spacial score (nSPS) is 10.3. The molecule has 1 heterocycles. The van der Waals surface area contributed by atoms with Crippen molar-refractivity contribution in [3.05, 3.63) is 53.7 Å². The standard InChI is InChI=1S/C16H20N2O2/c1-2-9-20-15-7-4-8-17-16(15)18-11-13-5-3-6-14(10-13)12-19/h3-8,10,19H,2,9,11-12H2,1H3,(H,17,18). The highest BCUT2D eigenvalue weighted by Crippen LogP contribution is 2.21. The average molecular weight is 272 g/mol. The van der Waals surface area contributed by atoms with E-state index >= 15 is 0 Å². The molecule has 0 amide bonds. The third-order valence-electron chi connectivity index (χ3n) is 2.87. The van der Waals surface area contributed by atoms with Crippen LogP contribution < -0.4 is 10.1 Å². The van der Waals surface area contributed by atoms with E-state index in [1.54, 1.807) is 6.20 Å². The van der Waals surface area contributed by atoms with Crippen molar-refractivity contribution in [2.75, 3.05) is 11.9 Å². The smallest absolute Gasteiger partial charge is 0.169 e. The van der Waals surface area contributed by atoms with Crippen LogP contribution in [0.5, 0.6) is 5.75 Å². The van der Waals surface area contributed by atoms with E-state index in [1.807, 2.05) is 36.4 Å². The number of aromatic nitrogens is 1. The van der Waals surface area contributed by atoms with Crippen molar-refractivity contribution in [2.45, 2.75) is 26.5 Å². The van der Waals surface area contributed by atoms with Crippen molar-refractivity contribution in [3.8, 4) is 5.75 Å². The van der Waals surface area contributed by atoms with Crippen molar-refractivity contribution in [3.63, 3.8) is 0 Å². The summed E-state index contributed by atoms with van der Waals surface area (Å²) in [5.74, 6) is 1.52. The lowest BCUT2D eigenvalue weighted by Crippen LogP contribution is -2.05. The van der Waals surface area contributed by atoms with Gasteiger partial charge in [0.2, 0.25) is 0 Å². The number of hydrogen-bond donors (Lipinski definition) is 2. The van der Waals surface area contributed by atoms with E-state index in [1.165, 1.54) is 0 Å². The molecule has 0 atom stereocenters. The summed E-state index contributed by atoms with van der Waals surface area (Å²) in [6.07, 6.45) is 2.71. The van der Waals surface area contributed by atoms with Gasteiger partial charge in [0, 0.05) is 12.7 Å². The summed E-state index contributed by atoms with van der Waals surface area (Å²) in [7, 11) is 0. The Morgan fingerprint density at radius 1 is 1.20 bits per heavy atom. The lowest BCUT2D eigenvalue weighted by molar-refractivity contribution is 0.281. The fourth-order valence-corrected chi connectivity index (χ4v) is 1.88. The summed E-state index contributed by atoms with van der Waals surface area (Å²) in [4.78, 5) is 4.30. The van der Waals surface area contributed by atoms with Crippen LogP contribution in [0.15, 0.2) is 42.6 Å². The first-order valence-corrected chi connectivity index (χ1v) is 6.84. The lowest BCUT2D eigenvalue weighted by Gasteiger charge is -2.12. The Morgan fingerprint density at radius 3 is 2.85 bits per heavy atom. The second-order valence-corrected chi connectivity index (χ2v) is 4.53. The van der Waals surface area contributed by atoms with Gasteiger partial charge in [-0.3, -0.25) is 0 Å². The predicted octanol–water partition coefficient (Wildman–Crippen LogP) is 2.97. The minimum atomic E-state index is 0.0578. The van der Waals surface area contributed by atoms with Gasteiger partial charge in [0.15, 0.2) is 11.6 Å². The summed E-state index contributed by atoms with van der Waals surface area (Å²) in [5, 5.41) is 12.4. The number of nitrogens with one attached hydrogen (secondary N) is 1. The number of anilines is 1. The maximum atomic E-state index is 9.14. The Kier molecular flexibility index (Phi) is 5.38. The van der Waals surface area contributed by atoms with E-state index in [-0.39, 0.29) is 6.61 Å². The highest BCUT2D eigenvalue weighted by atomic mass is 16.5. The van der Waals surface area contributed by atoms with Gasteiger partial charge in [-0.2, -0.15) is 0 Å². The van der Waals surface area contributed by atoms with Crippen LogP contribution in [0.4, 0.5) is 5.82 Å². The Labute approximate surface area is 119 Å². The van der Waals surface area contributed by atoms with Crippen LogP contribution in [0.25, 0.3) is 0 Å². The van der Waals surface area contributed by atoms with Crippen LogP contribution in [0.3, 0.4) is 0 Å². The SMILES string of the molecule is CCCOc1cccnc1NCc1cccc(CO)c1. The van der Waals surface area contributed by atoms with Gasteiger partial charge >= 0.3 is 0 Å². The number of pyridine rings is 1. The van der Waals surface area contributed by atoms with Crippen LogP contribution in [-0.2, 0) is 13.2 Å². The molecule has 0 aliphatic heterocycles. The van der Waals surface area contributed by atoms with E-state index in [4.69, 9.17) is 9.84 Å². The molecule has 4 nitrogen and oxygen atoms in total. The minimum Gasteiger partial charge on any atom is -0.490 e. The van der Waals surface area contributed by atoms with Gasteiger partial charge in [0.05, 0.1) is 13.2 Å². The van der Waals surface area contributed by atoms with E-state index < -0.39 is 0 Å². The second-order valence-electron chi connectivity index (χ2n) is 4.53. The van der Waals surface area contributed by atoms with Crippen molar-refractivity contribution in [1.29, 1.82) is 0 Å². The Balaban J connectivity index is 2.02. The third kappa shape index (κ3) is 3.96. The zero-order valence-electron chi connectivity index (χ0n) is 11.7. The molecular formula is C16H20N2O2. The Morgan fingerprint density at radius 2 is 2.05 bits per heavy atom. The molecule has 2 rings (SSSR count). The molecule has 0 saturated heterocycles. The van der Waals surface area contributed by atoms with Crippen LogP contribution in [0.2, 0.25) is 0 Å². The zero-order chi connectivity index (χ0) is 14.2. The van der Waals surface area contributed by atoms with Gasteiger partial charge < -0.3 is 15.2 Å². The van der Waals surface area contributed by atoms with Crippen molar-refractivity contribution in [2.24, 2.45) is 0 Å². The molecule has 4 heteroatoms. The lowest BCUT2D eigenvalue weighted by atomic mass is 10.1. The molecular weight excluding hydrogens is 252 g/mol. The first-order chi connectivity index (χ1) is 9.83. The van der Waals surface area contributed by atoms with Crippen molar-refractivity contribution in [1.82, 2.24) is 4.98 Å². The fourth-order valence-electron chi connectivity index (χ4n) is 1.88. The monoisotopic (exact) mass is 272 g/mol. The number of aliphatic hydroxyl groups is 1. The minimum absolute atomic E-state index is 0.0578. The van der Waals surface area contributed by atoms with Crippen LogP contribution >= 0.6 is 0 Å². The summed E-state index contributed by atoms with van der Waals surface area (Å²) >= 11 is 0. The number of nitrogens with zero attached hydrogens (tertiary/aromatic N) is 1. The molecule has 0 saturated carbocycles. The molecule has 106 valence electrons. The third-order valence-corrected chi connectivity index (χ3v) is 2.87. The predicted molar refractivity (Wildman–Crippen MR) is 79.7 cm³/mol. The molecule has 20 heavy (non-hydrogen) atoms. The van der Waals surface area contributed by atoms with Gasteiger partial charge in [-0.25, -0.2) is 4.98 Å². The maximum Gasteiger partial charge on any atom is 0.169 e. The van der Waals surface area contributed by atoms with E-state index in [0.717, 1.165) is 29.1 Å². The van der Waals surface area contributed by atoms with Crippen LogP contribution in [0.1, 0.15) is 24.5 Å². The molecule has 1 aromatic heterocycles. The topological polar surface area (TPSA) is 54.4 Å². The van der Waals surface area contributed by atoms with Gasteiger partial charge in [-0.15, -0.1) is 0 Å². The fraction of sp³-hybridized carbons (Fsp3) is 0.312. The van der Waals surface area contributed by atoms with E-state index in [9.17, 15) is 0 Å². The molecule has 0 aliphatic carbocycles. The number of aliphatic hydroxyl groups excluding tert-OH is 1. The molecule has 0 spiro atoms. The van der Waals surface area contributed by atoms with Crippen molar-refractivity contribution < 1.29 is 9.84 Å². The zero-order valence-corrected chi connectivity index (χ0v) is 11.7. The summed E-state index contributed by atoms with van der Waals surface area (Å²) in [6.45, 7) is 3.46. The highest BCUT2D eigenvalue weighted by Gasteiger charge is 2.04. The molecule has 2 N–H and O–H groups in total. The summed E-state index contributed by atoms with van der Waals surface area (Å²) in [6, 6.07) is 11.6. The first kappa shape index (κ1) is 14.3. The van der Waals surface area contributed by atoms with Gasteiger partial charge in [0.1, 0.15) is 0 Å². The molecule has 0 aliphatic rings. The summed E-state index contributed by atoms with van der Waals surface area (Å²) < 4.78 is 5.65. The highest BCUT2D eigenvalue weighted by molar-refractivity contribution is 5.49. The van der Waals surface area contributed by atoms with E-state index in [2.05, 4.69) is 17.2 Å². The molecule has 0 unspecified atom stereocenters. The van der Waals surface area contributed by atoms with Gasteiger partial charge in [-0.05, 0) is 29.7 Å². The first-order valence-electron chi connectivity index (χ1n) is 6.84. The molecule has 0 radical (unpaired) electrons. The number of benzene rings is 1. The Bertz CT molecular complexity index is 544. The van der Waals surface area contributed by atoms with Crippen LogP contribution in [-0.4, -0.2) is 16.7 Å². The van der Waals surface area contributed by atoms with Crippen LogP contribution in [0, 0.1) is 0 Å². The quantitative estimate of drug-likeness (QED) is 0.813.